The molecule has 88 valence electrons. The summed E-state index contributed by atoms with van der Waals surface area (Å²) in [7, 11) is 0. The van der Waals surface area contributed by atoms with E-state index in [0.717, 1.165) is 6.42 Å². The van der Waals surface area contributed by atoms with Gasteiger partial charge in [-0.25, -0.2) is 4.68 Å². The van der Waals surface area contributed by atoms with E-state index in [1.807, 2.05) is 0 Å². The second-order valence-corrected chi connectivity index (χ2v) is 4.52. The minimum absolute atomic E-state index is 0.313. The van der Waals surface area contributed by atoms with Crippen LogP contribution >= 0.6 is 0 Å². The molecule has 1 aromatic heterocycles. The second-order valence-electron chi connectivity index (χ2n) is 4.52. The first-order chi connectivity index (χ1) is 7.78. The Kier molecular flexibility index (Phi) is 3.66. The van der Waals surface area contributed by atoms with Crippen molar-refractivity contribution in [3.63, 3.8) is 0 Å². The second kappa shape index (κ2) is 5.21. The lowest BCUT2D eigenvalue weighted by atomic mass is 10.0. The molecule has 1 unspecified atom stereocenters. The molecule has 0 aromatic carbocycles. The normalized spacial score (nSPS) is 18.8. The monoisotopic (exact) mass is 223 g/mol. The van der Waals surface area contributed by atoms with Gasteiger partial charge in [0.25, 0.3) is 0 Å². The number of rotatable bonds is 5. The number of nitrogens with zero attached hydrogens (tertiary/aromatic N) is 3. The quantitative estimate of drug-likeness (QED) is 0.757. The van der Waals surface area contributed by atoms with Gasteiger partial charge < -0.3 is 5.11 Å². The zero-order valence-electron chi connectivity index (χ0n) is 9.25. The number of aldehydes is 1. The molecule has 1 heterocycles. The highest BCUT2D eigenvalue weighted by atomic mass is 16.3. The van der Waals surface area contributed by atoms with E-state index in [1.54, 1.807) is 6.20 Å². The van der Waals surface area contributed by atoms with E-state index in [-0.39, 0.29) is 6.10 Å². The molecule has 0 bridgehead atoms. The van der Waals surface area contributed by atoms with Crippen molar-refractivity contribution < 1.29 is 9.90 Å². The van der Waals surface area contributed by atoms with Gasteiger partial charge in [0.05, 0.1) is 18.8 Å². The summed E-state index contributed by atoms with van der Waals surface area (Å²) in [6, 6.07) is 0. The van der Waals surface area contributed by atoms with Gasteiger partial charge in [-0.3, -0.25) is 4.79 Å². The molecule has 1 atom stereocenters. The Morgan fingerprint density at radius 3 is 2.94 bits per heavy atom. The molecule has 1 fully saturated rings. The Hall–Kier alpha value is -1.23. The Bertz CT molecular complexity index is 345. The summed E-state index contributed by atoms with van der Waals surface area (Å²) in [6.45, 7) is 0.428. The highest BCUT2D eigenvalue weighted by Crippen LogP contribution is 2.28. The first kappa shape index (κ1) is 11.3. The van der Waals surface area contributed by atoms with E-state index in [1.165, 1.54) is 30.4 Å². The summed E-state index contributed by atoms with van der Waals surface area (Å²) in [4.78, 5) is 10.4. The number of hydrogen-bond acceptors (Lipinski definition) is 4. The third-order valence-electron chi connectivity index (χ3n) is 3.16. The summed E-state index contributed by atoms with van der Waals surface area (Å²) in [6.07, 6.45) is 7.70. The van der Waals surface area contributed by atoms with Crippen molar-refractivity contribution in [2.75, 3.05) is 0 Å². The predicted molar refractivity (Wildman–Crippen MR) is 58.0 cm³/mol. The van der Waals surface area contributed by atoms with E-state index in [2.05, 4.69) is 10.3 Å². The van der Waals surface area contributed by atoms with E-state index in [4.69, 9.17) is 0 Å². The number of aliphatic hydroxyl groups is 1. The molecule has 1 aromatic rings. The van der Waals surface area contributed by atoms with Gasteiger partial charge in [0.2, 0.25) is 0 Å². The van der Waals surface area contributed by atoms with Crippen molar-refractivity contribution in [3.05, 3.63) is 11.9 Å². The Morgan fingerprint density at radius 2 is 2.31 bits per heavy atom. The molecule has 5 nitrogen and oxygen atoms in total. The van der Waals surface area contributed by atoms with Gasteiger partial charge in [-0.15, -0.1) is 5.10 Å². The summed E-state index contributed by atoms with van der Waals surface area (Å²) >= 11 is 0. The first-order valence-corrected chi connectivity index (χ1v) is 5.81. The summed E-state index contributed by atoms with van der Waals surface area (Å²) in [5, 5.41) is 17.3. The molecule has 2 rings (SSSR count). The number of hydrogen-bond donors (Lipinski definition) is 1. The summed E-state index contributed by atoms with van der Waals surface area (Å²) in [5.74, 6) is 0.657. The molecular weight excluding hydrogens is 206 g/mol. The predicted octanol–water partition coefficient (Wildman–Crippen LogP) is 1.03. The average molecular weight is 223 g/mol. The molecule has 1 aliphatic carbocycles. The van der Waals surface area contributed by atoms with Gasteiger partial charge in [0.15, 0.2) is 6.29 Å². The highest BCUT2D eigenvalue weighted by Gasteiger charge is 2.19. The molecule has 0 saturated heterocycles. The molecule has 1 aliphatic rings. The summed E-state index contributed by atoms with van der Waals surface area (Å²) in [5.41, 5.74) is 0.313. The number of aromatic nitrogens is 3. The molecule has 16 heavy (non-hydrogen) atoms. The largest absolute Gasteiger partial charge is 0.391 e. The maximum atomic E-state index is 10.4. The lowest BCUT2D eigenvalue weighted by Crippen LogP contribution is -2.19. The topological polar surface area (TPSA) is 68.0 Å². The molecule has 0 amide bonds. The fourth-order valence-electron chi connectivity index (χ4n) is 2.38. The SMILES string of the molecule is O=Cc1cn(CC(O)CC2CCCC2)nn1. The van der Waals surface area contributed by atoms with Gasteiger partial charge in [-0.05, 0) is 12.3 Å². The van der Waals surface area contributed by atoms with Crippen LogP contribution in [0.4, 0.5) is 0 Å². The van der Waals surface area contributed by atoms with Crippen LogP contribution in [-0.4, -0.2) is 32.5 Å². The summed E-state index contributed by atoms with van der Waals surface area (Å²) < 4.78 is 1.53. The molecule has 0 spiro atoms. The zero-order valence-corrected chi connectivity index (χ0v) is 9.25. The maximum Gasteiger partial charge on any atom is 0.171 e. The van der Waals surface area contributed by atoms with E-state index >= 15 is 0 Å². The highest BCUT2D eigenvalue weighted by molar-refractivity contribution is 5.70. The van der Waals surface area contributed by atoms with Gasteiger partial charge in [0.1, 0.15) is 5.69 Å². The van der Waals surface area contributed by atoms with Crippen molar-refractivity contribution in [1.82, 2.24) is 15.0 Å². The smallest absolute Gasteiger partial charge is 0.171 e. The first-order valence-electron chi connectivity index (χ1n) is 5.81. The van der Waals surface area contributed by atoms with Crippen LogP contribution in [0.25, 0.3) is 0 Å². The molecule has 0 radical (unpaired) electrons. The molecule has 1 saturated carbocycles. The average Bonchev–Trinajstić information content (AvgIpc) is 2.89. The van der Waals surface area contributed by atoms with Gasteiger partial charge in [-0.1, -0.05) is 30.9 Å². The maximum absolute atomic E-state index is 10.4. The van der Waals surface area contributed by atoms with Crippen molar-refractivity contribution in [3.8, 4) is 0 Å². The lowest BCUT2D eigenvalue weighted by molar-refractivity contribution is 0.111. The Labute approximate surface area is 94.5 Å². The fourth-order valence-corrected chi connectivity index (χ4v) is 2.38. The standard InChI is InChI=1S/C11H17N3O2/c15-8-10-6-14(13-12-10)7-11(16)5-9-3-1-2-4-9/h6,8-9,11,16H,1-5,7H2. The number of carbonyl (C=O) groups is 1. The van der Waals surface area contributed by atoms with Crippen LogP contribution < -0.4 is 0 Å². The van der Waals surface area contributed by atoms with Gasteiger partial charge >= 0.3 is 0 Å². The van der Waals surface area contributed by atoms with Gasteiger partial charge in [0, 0.05) is 0 Å². The van der Waals surface area contributed by atoms with E-state index in [9.17, 15) is 9.90 Å². The van der Waals surface area contributed by atoms with Crippen molar-refractivity contribution in [1.29, 1.82) is 0 Å². The molecular formula is C11H17N3O2. The van der Waals surface area contributed by atoms with Crippen LogP contribution in [0.15, 0.2) is 6.20 Å². The van der Waals surface area contributed by atoms with E-state index in [0.29, 0.717) is 24.4 Å². The third kappa shape index (κ3) is 2.88. The van der Waals surface area contributed by atoms with Crippen LogP contribution in [0, 0.1) is 5.92 Å². The zero-order chi connectivity index (χ0) is 11.4. The van der Waals surface area contributed by atoms with Crippen LogP contribution in [0.5, 0.6) is 0 Å². The minimum atomic E-state index is -0.385. The third-order valence-corrected chi connectivity index (χ3v) is 3.16. The van der Waals surface area contributed by atoms with Crippen LogP contribution in [0.3, 0.4) is 0 Å². The molecule has 5 heteroatoms. The van der Waals surface area contributed by atoms with Crippen molar-refractivity contribution in [2.45, 2.75) is 44.8 Å². The minimum Gasteiger partial charge on any atom is -0.391 e. The van der Waals surface area contributed by atoms with Crippen LogP contribution in [-0.2, 0) is 6.54 Å². The van der Waals surface area contributed by atoms with Gasteiger partial charge in [-0.2, -0.15) is 0 Å². The van der Waals surface area contributed by atoms with Crippen molar-refractivity contribution >= 4 is 6.29 Å². The Morgan fingerprint density at radius 1 is 1.56 bits per heavy atom. The lowest BCUT2D eigenvalue weighted by Gasteiger charge is -2.14. The molecule has 1 N–H and O–H groups in total. The number of aliphatic hydroxyl groups excluding tert-OH is 1. The van der Waals surface area contributed by atoms with Crippen molar-refractivity contribution in [2.24, 2.45) is 5.92 Å². The fraction of sp³-hybridized carbons (Fsp3) is 0.727. The van der Waals surface area contributed by atoms with Crippen LogP contribution in [0.2, 0.25) is 0 Å². The number of carbonyl (C=O) groups excluding carboxylic acids is 1. The van der Waals surface area contributed by atoms with Crippen LogP contribution in [0.1, 0.15) is 42.6 Å². The Balaban J connectivity index is 1.81. The van der Waals surface area contributed by atoms with E-state index < -0.39 is 0 Å². The molecule has 0 aliphatic heterocycles.